The number of nitrogens with zero attached hydrogens (tertiary/aromatic N) is 9. The van der Waals surface area contributed by atoms with Crippen LogP contribution in [0, 0.1) is 6.57 Å². The zero-order valence-electron chi connectivity index (χ0n) is 14.1. The maximum atomic E-state index is 6.93. The third-order valence-corrected chi connectivity index (χ3v) is 4.29. The minimum Gasteiger partial charge on any atom is -0.324 e. The summed E-state index contributed by atoms with van der Waals surface area (Å²) in [5, 5.41) is 12.5. The second kappa shape index (κ2) is 6.03. The van der Waals surface area contributed by atoms with Crippen molar-refractivity contribution in [1.29, 1.82) is 0 Å². The van der Waals surface area contributed by atoms with Crippen molar-refractivity contribution in [3.63, 3.8) is 0 Å². The van der Waals surface area contributed by atoms with Gasteiger partial charge in [-0.15, -0.1) is 5.10 Å². The van der Waals surface area contributed by atoms with E-state index in [9.17, 15) is 0 Å². The molecular formula is C18H13N9. The molecule has 0 aliphatic carbocycles. The van der Waals surface area contributed by atoms with Gasteiger partial charge in [0.25, 0.3) is 0 Å². The average Bonchev–Trinajstić information content (AvgIpc) is 3.41. The first-order chi connectivity index (χ1) is 13.3. The summed E-state index contributed by atoms with van der Waals surface area (Å²) in [6, 6.07) is 8.20. The van der Waals surface area contributed by atoms with Crippen LogP contribution in [0.4, 0.5) is 0 Å². The Labute approximate surface area is 153 Å². The van der Waals surface area contributed by atoms with E-state index < -0.39 is 0 Å². The maximum Gasteiger partial charge on any atom is 0.307 e. The fourth-order valence-electron chi connectivity index (χ4n) is 2.99. The largest absolute Gasteiger partial charge is 0.324 e. The summed E-state index contributed by atoms with van der Waals surface area (Å²) in [4.78, 5) is 12.3. The van der Waals surface area contributed by atoms with Crippen molar-refractivity contribution in [2.24, 2.45) is 0 Å². The van der Waals surface area contributed by atoms with Crippen LogP contribution < -0.4 is 0 Å². The molecule has 9 heteroatoms. The van der Waals surface area contributed by atoms with E-state index >= 15 is 0 Å². The third-order valence-electron chi connectivity index (χ3n) is 4.29. The van der Waals surface area contributed by atoms with Crippen LogP contribution in [0.2, 0.25) is 0 Å². The Morgan fingerprint density at radius 3 is 3.00 bits per heavy atom. The van der Waals surface area contributed by atoms with Crippen molar-refractivity contribution in [3.05, 3.63) is 72.2 Å². The maximum absolute atomic E-state index is 6.93. The first-order valence-corrected chi connectivity index (χ1v) is 8.28. The summed E-state index contributed by atoms with van der Waals surface area (Å²) in [5.41, 5.74) is 4.80. The Kier molecular flexibility index (Phi) is 3.40. The Bertz CT molecular complexity index is 1300. The molecular weight excluding hydrogens is 342 g/mol. The van der Waals surface area contributed by atoms with Crippen molar-refractivity contribution >= 4 is 16.8 Å². The lowest BCUT2D eigenvalue weighted by molar-refractivity contribution is 0.662. The van der Waals surface area contributed by atoms with E-state index in [2.05, 4.69) is 59.0 Å². The number of fused-ring (bicyclic) bond motifs is 2. The predicted octanol–water partition coefficient (Wildman–Crippen LogP) is 2.26. The molecule has 9 nitrogen and oxygen atoms in total. The first-order valence-electron chi connectivity index (χ1n) is 8.28. The highest BCUT2D eigenvalue weighted by Crippen LogP contribution is 2.18. The van der Waals surface area contributed by atoms with E-state index in [0.717, 1.165) is 16.6 Å². The molecule has 5 aromatic heterocycles. The van der Waals surface area contributed by atoms with E-state index in [1.165, 1.54) is 0 Å². The van der Waals surface area contributed by atoms with Gasteiger partial charge in [-0.3, -0.25) is 4.85 Å². The van der Waals surface area contributed by atoms with Crippen LogP contribution in [0.1, 0.15) is 5.56 Å². The lowest BCUT2D eigenvalue weighted by atomic mass is 10.2. The van der Waals surface area contributed by atoms with Gasteiger partial charge in [-0.2, -0.15) is 5.10 Å². The van der Waals surface area contributed by atoms with Crippen molar-refractivity contribution < 1.29 is 0 Å². The van der Waals surface area contributed by atoms with E-state index in [-0.39, 0.29) is 6.67 Å². The number of pyridine rings is 1. The standard InChI is InChI=1S/C18H13N9/c1-19-12-26-11-14(7-21-26)16-8-20-17-18(22-16)27(24-23-17)10-13-4-5-15-3-2-6-25(15)9-13/h2-9,11H,10,12H2. The Morgan fingerprint density at radius 1 is 1.11 bits per heavy atom. The van der Waals surface area contributed by atoms with Gasteiger partial charge in [0.1, 0.15) is 0 Å². The molecule has 0 fully saturated rings. The van der Waals surface area contributed by atoms with Crippen LogP contribution in [-0.4, -0.2) is 39.1 Å². The molecule has 0 saturated heterocycles. The fourth-order valence-corrected chi connectivity index (χ4v) is 2.99. The second-order valence-corrected chi connectivity index (χ2v) is 6.10. The molecule has 0 saturated carbocycles. The third kappa shape index (κ3) is 2.69. The summed E-state index contributed by atoms with van der Waals surface area (Å²) in [7, 11) is 0. The van der Waals surface area contributed by atoms with Crippen molar-refractivity contribution in [3.8, 4) is 11.3 Å². The van der Waals surface area contributed by atoms with Crippen molar-refractivity contribution in [2.75, 3.05) is 0 Å². The molecule has 0 N–H and O–H groups in total. The van der Waals surface area contributed by atoms with Crippen LogP contribution in [0.5, 0.6) is 0 Å². The number of hydrogen-bond donors (Lipinski definition) is 0. The van der Waals surface area contributed by atoms with Crippen molar-refractivity contribution in [1.82, 2.24) is 39.1 Å². The summed E-state index contributed by atoms with van der Waals surface area (Å²) < 4.78 is 5.37. The zero-order chi connectivity index (χ0) is 18.2. The molecule has 0 radical (unpaired) electrons. The second-order valence-electron chi connectivity index (χ2n) is 6.10. The molecule has 0 aliphatic heterocycles. The van der Waals surface area contributed by atoms with Gasteiger partial charge in [0.2, 0.25) is 5.65 Å². The van der Waals surface area contributed by atoms with Gasteiger partial charge in [-0.25, -0.2) is 25.9 Å². The molecule has 130 valence electrons. The number of rotatable bonds is 4. The van der Waals surface area contributed by atoms with Gasteiger partial charge in [-0.1, -0.05) is 11.3 Å². The van der Waals surface area contributed by atoms with Crippen LogP contribution in [-0.2, 0) is 13.2 Å². The van der Waals surface area contributed by atoms with Gasteiger partial charge in [0.05, 0.1) is 24.6 Å². The predicted molar refractivity (Wildman–Crippen MR) is 97.4 cm³/mol. The lowest BCUT2D eigenvalue weighted by Gasteiger charge is -2.04. The fraction of sp³-hybridized carbons (Fsp3) is 0.111. The molecule has 5 rings (SSSR count). The Morgan fingerprint density at radius 2 is 2.07 bits per heavy atom. The topological polar surface area (TPSA) is 83.1 Å². The van der Waals surface area contributed by atoms with Gasteiger partial charge in [0, 0.05) is 29.7 Å². The minimum absolute atomic E-state index is 0.178. The van der Waals surface area contributed by atoms with Crippen LogP contribution in [0.3, 0.4) is 0 Å². The van der Waals surface area contributed by atoms with Crippen LogP contribution >= 0.6 is 0 Å². The van der Waals surface area contributed by atoms with Gasteiger partial charge < -0.3 is 4.40 Å². The Hall–Kier alpha value is -4.06. The van der Waals surface area contributed by atoms with E-state index in [4.69, 9.17) is 6.57 Å². The van der Waals surface area contributed by atoms with Gasteiger partial charge in [0.15, 0.2) is 5.65 Å². The van der Waals surface area contributed by atoms with Gasteiger partial charge in [-0.05, 0) is 23.8 Å². The SMILES string of the molecule is [C-]#[N+]Cn1cc(-c2cnc3nnn(Cc4ccc5cccn5c4)c3n2)cn1. The van der Waals surface area contributed by atoms with Crippen LogP contribution in [0.25, 0.3) is 32.9 Å². The highest BCUT2D eigenvalue weighted by Gasteiger charge is 2.12. The molecule has 0 bridgehead atoms. The van der Waals surface area contributed by atoms with Crippen molar-refractivity contribution in [2.45, 2.75) is 13.2 Å². The van der Waals surface area contributed by atoms with E-state index in [1.54, 1.807) is 28.0 Å². The molecule has 0 spiro atoms. The first kappa shape index (κ1) is 15.2. The summed E-state index contributed by atoms with van der Waals surface area (Å²) in [6.45, 7) is 7.65. The molecule has 0 amide bonds. The highest BCUT2D eigenvalue weighted by molar-refractivity contribution is 5.69. The van der Waals surface area contributed by atoms with Crippen LogP contribution in [0.15, 0.2) is 55.2 Å². The smallest absolute Gasteiger partial charge is 0.307 e. The molecule has 0 atom stereocenters. The molecule has 27 heavy (non-hydrogen) atoms. The average molecular weight is 355 g/mol. The lowest BCUT2D eigenvalue weighted by Crippen LogP contribution is -2.04. The molecule has 0 unspecified atom stereocenters. The number of hydrogen-bond acceptors (Lipinski definition) is 5. The minimum atomic E-state index is 0.178. The van der Waals surface area contributed by atoms with E-state index in [0.29, 0.717) is 23.5 Å². The molecule has 0 aromatic carbocycles. The van der Waals surface area contributed by atoms with E-state index in [1.807, 2.05) is 12.3 Å². The number of aromatic nitrogens is 8. The quantitative estimate of drug-likeness (QED) is 0.462. The van der Waals surface area contributed by atoms with Gasteiger partial charge >= 0.3 is 6.67 Å². The summed E-state index contributed by atoms with van der Waals surface area (Å²) in [6.07, 6.45) is 9.18. The molecule has 5 aromatic rings. The normalized spacial score (nSPS) is 11.2. The Balaban J connectivity index is 1.51. The monoisotopic (exact) mass is 355 g/mol. The zero-order valence-corrected chi connectivity index (χ0v) is 14.1. The molecule has 5 heterocycles. The summed E-state index contributed by atoms with van der Waals surface area (Å²) in [5.74, 6) is 0. The highest BCUT2D eigenvalue weighted by atomic mass is 15.5. The summed E-state index contributed by atoms with van der Waals surface area (Å²) >= 11 is 0. The molecule has 0 aliphatic rings.